The molecule has 1 rings (SSSR count). The summed E-state index contributed by atoms with van der Waals surface area (Å²) in [5.41, 5.74) is 0.363. The number of hydrogen-bond donors (Lipinski definition) is 2. The second kappa shape index (κ2) is 4.79. The molecule has 0 bridgehead atoms. The maximum absolute atomic E-state index is 10.8. The van der Waals surface area contributed by atoms with Gasteiger partial charge in [-0.25, -0.2) is 4.79 Å². The van der Waals surface area contributed by atoms with Crippen molar-refractivity contribution >= 4 is 33.5 Å². The average molecular weight is 274 g/mol. The van der Waals surface area contributed by atoms with E-state index in [-0.39, 0.29) is 0 Å². The maximum atomic E-state index is 10.8. The first kappa shape index (κ1) is 11.5. The van der Waals surface area contributed by atoms with Crippen LogP contribution in [-0.4, -0.2) is 24.1 Å². The summed E-state index contributed by atoms with van der Waals surface area (Å²) in [6, 6.07) is 4.73. The lowest BCUT2D eigenvalue weighted by molar-refractivity contribution is -0.147. The third-order valence-corrected chi connectivity index (χ3v) is 2.26. The Hall–Kier alpha value is -1.56. The Morgan fingerprint density at radius 3 is 2.67 bits per heavy atom. The van der Waals surface area contributed by atoms with E-state index in [0.717, 1.165) is 4.47 Å². The van der Waals surface area contributed by atoms with Gasteiger partial charge in [0.15, 0.2) is 0 Å². The average Bonchev–Trinajstić information content (AvgIpc) is 2.20. The van der Waals surface area contributed by atoms with Crippen molar-refractivity contribution in [2.45, 2.75) is 0 Å². The smallest absolute Gasteiger partial charge is 0.394 e. The first-order chi connectivity index (χ1) is 7.04. The number of anilines is 1. The van der Waals surface area contributed by atoms with Crippen LogP contribution < -0.4 is 10.1 Å². The third-order valence-electron chi connectivity index (χ3n) is 1.60. The highest BCUT2D eigenvalue weighted by molar-refractivity contribution is 9.10. The van der Waals surface area contributed by atoms with Gasteiger partial charge in [0.05, 0.1) is 11.6 Å². The first-order valence-electron chi connectivity index (χ1n) is 3.92. The van der Waals surface area contributed by atoms with Gasteiger partial charge >= 0.3 is 11.9 Å². The summed E-state index contributed by atoms with van der Waals surface area (Å²) in [5, 5.41) is 10.6. The highest BCUT2D eigenvalue weighted by atomic mass is 79.9. The minimum atomic E-state index is -1.53. The number of benzene rings is 1. The number of methoxy groups -OCH3 is 1. The van der Waals surface area contributed by atoms with Crippen molar-refractivity contribution in [1.29, 1.82) is 0 Å². The fourth-order valence-electron chi connectivity index (χ4n) is 0.922. The second-order valence-electron chi connectivity index (χ2n) is 2.61. The van der Waals surface area contributed by atoms with Crippen molar-refractivity contribution in [2.24, 2.45) is 0 Å². The van der Waals surface area contributed by atoms with Crippen LogP contribution in [0.1, 0.15) is 0 Å². The molecule has 6 heteroatoms. The van der Waals surface area contributed by atoms with Crippen molar-refractivity contribution in [1.82, 2.24) is 0 Å². The normalized spacial score (nSPS) is 9.47. The van der Waals surface area contributed by atoms with Gasteiger partial charge in [0, 0.05) is 11.8 Å². The Labute approximate surface area is 94.2 Å². The second-order valence-corrected chi connectivity index (χ2v) is 3.46. The number of carbonyl (C=O) groups is 2. The van der Waals surface area contributed by atoms with Gasteiger partial charge in [0.25, 0.3) is 0 Å². The molecule has 2 N–H and O–H groups in total. The minimum absolute atomic E-state index is 0.363. The molecular formula is C9H8BrNO4. The Morgan fingerprint density at radius 1 is 1.47 bits per heavy atom. The highest BCUT2D eigenvalue weighted by Gasteiger charge is 2.11. The summed E-state index contributed by atoms with van der Waals surface area (Å²) in [7, 11) is 1.48. The number of halogens is 1. The predicted molar refractivity (Wildman–Crippen MR) is 57.0 cm³/mol. The molecule has 1 amide bonds. The molecule has 0 saturated heterocycles. The summed E-state index contributed by atoms with van der Waals surface area (Å²) < 4.78 is 5.70. The van der Waals surface area contributed by atoms with Gasteiger partial charge in [0.1, 0.15) is 5.75 Å². The lowest BCUT2D eigenvalue weighted by atomic mass is 10.3. The Morgan fingerprint density at radius 2 is 2.13 bits per heavy atom. The predicted octanol–water partition coefficient (Wildman–Crippen LogP) is 1.48. The zero-order valence-corrected chi connectivity index (χ0v) is 9.37. The Kier molecular flexibility index (Phi) is 3.68. The van der Waals surface area contributed by atoms with Gasteiger partial charge in [-0.2, -0.15) is 0 Å². The Balaban J connectivity index is 2.87. The van der Waals surface area contributed by atoms with Crippen LogP contribution in [0.5, 0.6) is 5.75 Å². The minimum Gasteiger partial charge on any atom is -0.495 e. The summed E-state index contributed by atoms with van der Waals surface area (Å²) >= 11 is 3.23. The number of amides is 1. The molecule has 0 aliphatic rings. The molecule has 5 nitrogen and oxygen atoms in total. The number of ether oxygens (including phenoxy) is 1. The fourth-order valence-corrected chi connectivity index (χ4v) is 1.33. The molecule has 0 atom stereocenters. The van der Waals surface area contributed by atoms with Crippen LogP contribution in [0, 0.1) is 0 Å². The molecule has 0 spiro atoms. The molecule has 0 aliphatic heterocycles. The molecule has 0 saturated carbocycles. The molecule has 0 aromatic heterocycles. The van der Waals surface area contributed by atoms with E-state index in [0.29, 0.717) is 11.4 Å². The van der Waals surface area contributed by atoms with E-state index in [1.807, 2.05) is 0 Å². The number of rotatable bonds is 2. The standard InChI is InChI=1S/C9H8BrNO4/c1-15-7-4-5(2-3-6(7)10)11-8(12)9(13)14/h2-4H,1H3,(H,11,12)(H,13,14). The van der Waals surface area contributed by atoms with Crippen LogP contribution in [0.3, 0.4) is 0 Å². The number of carboxylic acid groups (broad SMARTS) is 1. The van der Waals surface area contributed by atoms with Gasteiger partial charge in [-0.1, -0.05) is 0 Å². The number of hydrogen-bond acceptors (Lipinski definition) is 3. The Bertz CT molecular complexity index is 405. The summed E-state index contributed by atoms with van der Waals surface area (Å²) in [6.07, 6.45) is 0. The molecule has 0 unspecified atom stereocenters. The molecule has 15 heavy (non-hydrogen) atoms. The van der Waals surface area contributed by atoms with E-state index in [2.05, 4.69) is 21.2 Å². The van der Waals surface area contributed by atoms with Crippen molar-refractivity contribution in [3.63, 3.8) is 0 Å². The van der Waals surface area contributed by atoms with Crippen LogP contribution in [0.2, 0.25) is 0 Å². The van der Waals surface area contributed by atoms with Crippen molar-refractivity contribution in [3.8, 4) is 5.75 Å². The van der Waals surface area contributed by atoms with E-state index >= 15 is 0 Å². The van der Waals surface area contributed by atoms with Gasteiger partial charge in [-0.3, -0.25) is 4.79 Å². The zero-order valence-electron chi connectivity index (χ0n) is 7.78. The van der Waals surface area contributed by atoms with Crippen LogP contribution in [-0.2, 0) is 9.59 Å². The quantitative estimate of drug-likeness (QED) is 0.801. The third kappa shape index (κ3) is 2.95. The monoisotopic (exact) mass is 273 g/mol. The molecule has 0 fully saturated rings. The van der Waals surface area contributed by atoms with E-state index in [4.69, 9.17) is 9.84 Å². The SMILES string of the molecule is COc1cc(NC(=O)C(=O)O)ccc1Br. The number of nitrogens with one attached hydrogen (secondary N) is 1. The molecule has 0 aliphatic carbocycles. The van der Waals surface area contributed by atoms with E-state index in [1.165, 1.54) is 13.2 Å². The highest BCUT2D eigenvalue weighted by Crippen LogP contribution is 2.27. The fraction of sp³-hybridized carbons (Fsp3) is 0.111. The summed E-state index contributed by atoms with van der Waals surface area (Å²) in [6.45, 7) is 0. The van der Waals surface area contributed by atoms with E-state index in [9.17, 15) is 9.59 Å². The van der Waals surface area contributed by atoms with Crippen LogP contribution in [0.4, 0.5) is 5.69 Å². The molecule has 0 radical (unpaired) electrons. The van der Waals surface area contributed by atoms with E-state index in [1.54, 1.807) is 12.1 Å². The van der Waals surface area contributed by atoms with Gasteiger partial charge in [-0.05, 0) is 28.1 Å². The van der Waals surface area contributed by atoms with Crippen molar-refractivity contribution < 1.29 is 19.4 Å². The van der Waals surface area contributed by atoms with Crippen LogP contribution >= 0.6 is 15.9 Å². The topological polar surface area (TPSA) is 75.6 Å². The largest absolute Gasteiger partial charge is 0.495 e. The molecular weight excluding hydrogens is 266 g/mol. The maximum Gasteiger partial charge on any atom is 0.394 e. The zero-order chi connectivity index (χ0) is 11.4. The molecule has 1 aromatic rings. The lowest BCUT2D eigenvalue weighted by Gasteiger charge is -2.06. The summed E-state index contributed by atoms with van der Waals surface area (Å²) in [4.78, 5) is 21.1. The van der Waals surface area contributed by atoms with Gasteiger partial charge in [-0.15, -0.1) is 0 Å². The number of aliphatic carboxylic acids is 1. The first-order valence-corrected chi connectivity index (χ1v) is 4.71. The molecule has 1 aromatic carbocycles. The number of carbonyl (C=O) groups excluding carboxylic acids is 1. The molecule has 0 heterocycles. The summed E-state index contributed by atoms with van der Waals surface area (Å²) in [5.74, 6) is -2.10. The van der Waals surface area contributed by atoms with Crippen molar-refractivity contribution in [2.75, 3.05) is 12.4 Å². The van der Waals surface area contributed by atoms with Crippen LogP contribution in [0.25, 0.3) is 0 Å². The van der Waals surface area contributed by atoms with E-state index < -0.39 is 11.9 Å². The number of carboxylic acids is 1. The van der Waals surface area contributed by atoms with Crippen molar-refractivity contribution in [3.05, 3.63) is 22.7 Å². The van der Waals surface area contributed by atoms with Gasteiger partial charge in [0.2, 0.25) is 0 Å². The molecule has 80 valence electrons. The van der Waals surface area contributed by atoms with Crippen LogP contribution in [0.15, 0.2) is 22.7 Å². The van der Waals surface area contributed by atoms with Gasteiger partial charge < -0.3 is 15.2 Å². The lowest BCUT2D eigenvalue weighted by Crippen LogP contribution is -2.21.